The first-order valence-electron chi connectivity index (χ1n) is 5.48. The number of nitrogens with two attached hydrogens (primary N) is 1. The largest absolute Gasteiger partial charge is 0.398 e. The summed E-state index contributed by atoms with van der Waals surface area (Å²) in [6, 6.07) is 7.58. The molecule has 0 saturated carbocycles. The van der Waals surface area contributed by atoms with Gasteiger partial charge in [0.25, 0.3) is 0 Å². The van der Waals surface area contributed by atoms with Crippen LogP contribution in [0.2, 0.25) is 0 Å². The molecule has 4 nitrogen and oxygen atoms in total. The van der Waals surface area contributed by atoms with Crippen LogP contribution in [0.15, 0.2) is 29.2 Å². The molecular formula is C12H14N2O2S. The Morgan fingerprint density at radius 1 is 1.35 bits per heavy atom. The average Bonchev–Trinajstić information content (AvgIpc) is 2.30. The first-order chi connectivity index (χ1) is 8.16. The fourth-order valence-corrected chi connectivity index (χ4v) is 2.81. The molecule has 1 atom stereocenters. The summed E-state index contributed by atoms with van der Waals surface area (Å²) in [5, 5.41) is 2.36. The summed E-state index contributed by atoms with van der Waals surface area (Å²) in [5.74, 6) is 0.226. The highest BCUT2D eigenvalue weighted by atomic mass is 32.2. The van der Waals surface area contributed by atoms with E-state index in [1.807, 2.05) is 24.3 Å². The predicted octanol–water partition coefficient (Wildman–Crippen LogP) is 1.41. The topological polar surface area (TPSA) is 72.2 Å². The minimum Gasteiger partial charge on any atom is -0.398 e. The number of benzene rings is 1. The van der Waals surface area contributed by atoms with E-state index in [1.165, 1.54) is 0 Å². The molecule has 1 aliphatic rings. The fourth-order valence-electron chi connectivity index (χ4n) is 1.70. The van der Waals surface area contributed by atoms with E-state index in [9.17, 15) is 9.59 Å². The maximum atomic E-state index is 11.5. The van der Waals surface area contributed by atoms with E-state index in [1.54, 1.807) is 11.8 Å². The minimum atomic E-state index is -0.171. The molecule has 3 N–H and O–H groups in total. The van der Waals surface area contributed by atoms with Crippen molar-refractivity contribution >= 4 is 29.3 Å². The predicted molar refractivity (Wildman–Crippen MR) is 67.5 cm³/mol. The van der Waals surface area contributed by atoms with E-state index < -0.39 is 0 Å². The summed E-state index contributed by atoms with van der Waals surface area (Å²) >= 11 is 1.56. The lowest BCUT2D eigenvalue weighted by atomic mass is 10.0. The van der Waals surface area contributed by atoms with Gasteiger partial charge in [-0.25, -0.2) is 0 Å². The van der Waals surface area contributed by atoms with Gasteiger partial charge in [-0.2, -0.15) is 0 Å². The number of para-hydroxylation sites is 1. The Morgan fingerprint density at radius 2 is 2.12 bits per heavy atom. The summed E-state index contributed by atoms with van der Waals surface area (Å²) in [6.45, 7) is 0. The van der Waals surface area contributed by atoms with E-state index in [0.29, 0.717) is 18.6 Å². The van der Waals surface area contributed by atoms with Crippen molar-refractivity contribution in [3.63, 3.8) is 0 Å². The summed E-state index contributed by atoms with van der Waals surface area (Å²) in [6.07, 6.45) is 1.06. The molecule has 17 heavy (non-hydrogen) atoms. The number of thioether (sulfide) groups is 1. The number of carbonyl (C=O) groups is 2. The van der Waals surface area contributed by atoms with E-state index in [-0.39, 0.29) is 17.7 Å². The SMILES string of the molecule is Nc1ccccc1SCC1CCC(=O)NC1=O. The Labute approximate surface area is 104 Å². The van der Waals surface area contributed by atoms with Crippen molar-refractivity contribution in [2.24, 2.45) is 5.92 Å². The van der Waals surface area contributed by atoms with E-state index >= 15 is 0 Å². The number of anilines is 1. The summed E-state index contributed by atoms with van der Waals surface area (Å²) < 4.78 is 0. The number of nitrogens with one attached hydrogen (secondary N) is 1. The molecule has 1 aromatic carbocycles. The molecule has 1 aromatic rings. The quantitative estimate of drug-likeness (QED) is 0.483. The molecular weight excluding hydrogens is 236 g/mol. The summed E-state index contributed by atoms with van der Waals surface area (Å²) in [5.41, 5.74) is 6.54. The van der Waals surface area contributed by atoms with Crippen molar-refractivity contribution in [3.05, 3.63) is 24.3 Å². The Balaban J connectivity index is 1.92. The monoisotopic (exact) mass is 250 g/mol. The van der Waals surface area contributed by atoms with Gasteiger partial charge < -0.3 is 5.73 Å². The Morgan fingerprint density at radius 3 is 2.82 bits per heavy atom. The lowest BCUT2D eigenvalue weighted by molar-refractivity contribution is -0.135. The van der Waals surface area contributed by atoms with E-state index in [2.05, 4.69) is 5.32 Å². The van der Waals surface area contributed by atoms with Gasteiger partial charge in [-0.15, -0.1) is 11.8 Å². The van der Waals surface area contributed by atoms with Crippen LogP contribution in [0.4, 0.5) is 5.69 Å². The third-order valence-corrected chi connectivity index (χ3v) is 3.96. The van der Waals surface area contributed by atoms with Crippen molar-refractivity contribution in [2.45, 2.75) is 17.7 Å². The zero-order valence-electron chi connectivity index (χ0n) is 9.31. The normalized spacial score (nSPS) is 20.1. The minimum absolute atomic E-state index is 0.0997. The maximum Gasteiger partial charge on any atom is 0.230 e. The van der Waals surface area contributed by atoms with Crippen LogP contribution in [0.25, 0.3) is 0 Å². The number of imide groups is 1. The molecule has 1 aliphatic heterocycles. The van der Waals surface area contributed by atoms with Gasteiger partial charge in [0.2, 0.25) is 11.8 Å². The Bertz CT molecular complexity index is 448. The van der Waals surface area contributed by atoms with Crippen molar-refractivity contribution in [1.82, 2.24) is 5.32 Å². The van der Waals surface area contributed by atoms with Crippen LogP contribution < -0.4 is 11.1 Å². The lowest BCUT2D eigenvalue weighted by Gasteiger charge is -2.20. The highest BCUT2D eigenvalue weighted by Crippen LogP contribution is 2.28. The van der Waals surface area contributed by atoms with Gasteiger partial charge in [-0.05, 0) is 18.6 Å². The Hall–Kier alpha value is -1.49. The number of hydrogen-bond acceptors (Lipinski definition) is 4. The molecule has 0 radical (unpaired) electrons. The van der Waals surface area contributed by atoms with Crippen LogP contribution in [-0.4, -0.2) is 17.6 Å². The van der Waals surface area contributed by atoms with Gasteiger partial charge >= 0.3 is 0 Å². The molecule has 2 rings (SSSR count). The maximum absolute atomic E-state index is 11.5. The first kappa shape index (κ1) is 12.0. The third-order valence-electron chi connectivity index (χ3n) is 2.71. The van der Waals surface area contributed by atoms with Gasteiger partial charge in [0.15, 0.2) is 0 Å². The zero-order chi connectivity index (χ0) is 12.3. The third kappa shape index (κ3) is 3.00. The summed E-state index contributed by atoms with van der Waals surface area (Å²) in [4.78, 5) is 23.5. The number of nitrogen functional groups attached to an aromatic ring is 1. The number of hydrogen-bond donors (Lipinski definition) is 2. The second kappa shape index (κ2) is 5.23. The molecule has 0 bridgehead atoms. The van der Waals surface area contributed by atoms with Crippen molar-refractivity contribution < 1.29 is 9.59 Å². The van der Waals surface area contributed by atoms with Gasteiger partial charge in [0, 0.05) is 28.7 Å². The van der Waals surface area contributed by atoms with E-state index in [4.69, 9.17) is 5.73 Å². The molecule has 0 spiro atoms. The van der Waals surface area contributed by atoms with Crippen molar-refractivity contribution in [1.29, 1.82) is 0 Å². The van der Waals surface area contributed by atoms with Gasteiger partial charge in [-0.3, -0.25) is 14.9 Å². The lowest BCUT2D eigenvalue weighted by Crippen LogP contribution is -2.41. The number of rotatable bonds is 3. The molecule has 1 heterocycles. The second-order valence-electron chi connectivity index (χ2n) is 4.00. The number of carbonyl (C=O) groups excluding carboxylic acids is 2. The Kier molecular flexibility index (Phi) is 3.68. The number of piperidine rings is 1. The fraction of sp³-hybridized carbons (Fsp3) is 0.333. The molecule has 1 fully saturated rings. The molecule has 2 amide bonds. The zero-order valence-corrected chi connectivity index (χ0v) is 10.1. The van der Waals surface area contributed by atoms with Crippen molar-refractivity contribution in [3.8, 4) is 0 Å². The molecule has 1 unspecified atom stereocenters. The molecule has 0 aromatic heterocycles. The highest BCUT2D eigenvalue weighted by molar-refractivity contribution is 7.99. The molecule has 1 saturated heterocycles. The van der Waals surface area contributed by atoms with Crippen LogP contribution in [0.3, 0.4) is 0 Å². The second-order valence-corrected chi connectivity index (χ2v) is 5.06. The standard InChI is InChI=1S/C12H14N2O2S/c13-9-3-1-2-4-10(9)17-7-8-5-6-11(15)14-12(8)16/h1-4,8H,5-7,13H2,(H,14,15,16). The highest BCUT2D eigenvalue weighted by Gasteiger charge is 2.26. The van der Waals surface area contributed by atoms with Crippen LogP contribution in [0, 0.1) is 5.92 Å². The molecule has 5 heteroatoms. The van der Waals surface area contributed by atoms with Crippen LogP contribution >= 0.6 is 11.8 Å². The molecule has 0 aliphatic carbocycles. The van der Waals surface area contributed by atoms with Gasteiger partial charge in [-0.1, -0.05) is 12.1 Å². The average molecular weight is 250 g/mol. The van der Waals surface area contributed by atoms with Crippen LogP contribution in [0.5, 0.6) is 0 Å². The molecule has 90 valence electrons. The van der Waals surface area contributed by atoms with Crippen LogP contribution in [-0.2, 0) is 9.59 Å². The van der Waals surface area contributed by atoms with Gasteiger partial charge in [0.05, 0.1) is 0 Å². The van der Waals surface area contributed by atoms with Gasteiger partial charge in [0.1, 0.15) is 0 Å². The smallest absolute Gasteiger partial charge is 0.230 e. The number of amides is 2. The van der Waals surface area contributed by atoms with Crippen molar-refractivity contribution in [2.75, 3.05) is 11.5 Å². The van der Waals surface area contributed by atoms with Crippen LogP contribution in [0.1, 0.15) is 12.8 Å². The van der Waals surface area contributed by atoms with E-state index in [0.717, 1.165) is 10.6 Å². The first-order valence-corrected chi connectivity index (χ1v) is 6.46. The summed E-state index contributed by atoms with van der Waals surface area (Å²) in [7, 11) is 0.